The average Bonchev–Trinajstić information content (AvgIpc) is 2.87. The predicted octanol–water partition coefficient (Wildman–Crippen LogP) is 4.42. The van der Waals surface area contributed by atoms with E-state index in [0.29, 0.717) is 6.04 Å². The van der Waals surface area contributed by atoms with Crippen LogP contribution in [0.1, 0.15) is 52.3 Å². The second-order valence-corrected chi connectivity index (χ2v) is 5.90. The third-order valence-corrected chi connectivity index (χ3v) is 3.27. The fourth-order valence-corrected chi connectivity index (χ4v) is 2.14. The zero-order valence-electron chi connectivity index (χ0n) is 13.5. The highest BCUT2D eigenvalue weighted by atomic mass is 16.5. The lowest BCUT2D eigenvalue weighted by Gasteiger charge is -2.15. The summed E-state index contributed by atoms with van der Waals surface area (Å²) in [6.45, 7) is 10.4. The van der Waals surface area contributed by atoms with Crippen molar-refractivity contribution in [1.29, 1.82) is 0 Å². The van der Waals surface area contributed by atoms with Crippen LogP contribution >= 0.6 is 0 Å². The Morgan fingerprint density at radius 2 is 1.71 bits per heavy atom. The lowest BCUT2D eigenvalue weighted by molar-refractivity contribution is 0.242. The van der Waals surface area contributed by atoms with Crippen molar-refractivity contribution >= 4 is 5.69 Å². The Bertz CT molecular complexity index is 558. The number of hydrogen-bond acceptors (Lipinski definition) is 3. The van der Waals surface area contributed by atoms with Crippen molar-refractivity contribution in [1.82, 2.24) is 9.78 Å². The van der Waals surface area contributed by atoms with Crippen molar-refractivity contribution in [3.8, 4) is 5.75 Å². The van der Waals surface area contributed by atoms with Gasteiger partial charge in [-0.25, -0.2) is 0 Å². The van der Waals surface area contributed by atoms with Crippen molar-refractivity contribution in [2.24, 2.45) is 0 Å². The number of hydrogen-bond donors (Lipinski definition) is 1. The Morgan fingerprint density at radius 3 is 2.24 bits per heavy atom. The molecule has 0 saturated carbocycles. The van der Waals surface area contributed by atoms with E-state index in [2.05, 4.69) is 43.3 Å². The molecule has 0 bridgehead atoms. The third kappa shape index (κ3) is 4.25. The van der Waals surface area contributed by atoms with Gasteiger partial charge in [0.05, 0.1) is 18.0 Å². The first-order valence-electron chi connectivity index (χ1n) is 7.53. The van der Waals surface area contributed by atoms with E-state index in [1.165, 1.54) is 5.56 Å². The number of nitrogens with zero attached hydrogens (tertiary/aromatic N) is 2. The minimum Gasteiger partial charge on any atom is -0.491 e. The fourth-order valence-electron chi connectivity index (χ4n) is 2.14. The van der Waals surface area contributed by atoms with Crippen LogP contribution in [-0.4, -0.2) is 15.9 Å². The van der Waals surface area contributed by atoms with Crippen LogP contribution in [0, 0.1) is 0 Å². The first-order valence-corrected chi connectivity index (χ1v) is 7.53. The maximum atomic E-state index is 5.66. The number of benzene rings is 1. The van der Waals surface area contributed by atoms with Crippen LogP contribution < -0.4 is 10.1 Å². The molecule has 1 unspecified atom stereocenters. The molecule has 0 saturated heterocycles. The third-order valence-electron chi connectivity index (χ3n) is 3.27. The predicted molar refractivity (Wildman–Crippen MR) is 86.9 cm³/mol. The van der Waals surface area contributed by atoms with Gasteiger partial charge < -0.3 is 10.1 Å². The summed E-state index contributed by atoms with van der Waals surface area (Å²) in [5.41, 5.74) is 2.27. The van der Waals surface area contributed by atoms with Crippen LogP contribution in [0.3, 0.4) is 0 Å². The van der Waals surface area contributed by atoms with Gasteiger partial charge in [0.2, 0.25) is 0 Å². The van der Waals surface area contributed by atoms with Gasteiger partial charge in [0.15, 0.2) is 0 Å². The largest absolute Gasteiger partial charge is 0.491 e. The van der Waals surface area contributed by atoms with E-state index in [9.17, 15) is 0 Å². The zero-order chi connectivity index (χ0) is 15.4. The average molecular weight is 287 g/mol. The number of rotatable bonds is 6. The van der Waals surface area contributed by atoms with Gasteiger partial charge in [-0.15, -0.1) is 0 Å². The molecule has 2 rings (SSSR count). The standard InChI is InChI=1S/C17H25N3O/c1-12(2)20-11-16(10-18-20)19-14(5)15-6-8-17(9-7-15)21-13(3)4/h6-14,19H,1-5H3. The summed E-state index contributed by atoms with van der Waals surface area (Å²) in [4.78, 5) is 0. The Morgan fingerprint density at radius 1 is 1.05 bits per heavy atom. The van der Waals surface area contributed by atoms with E-state index in [1.54, 1.807) is 0 Å². The van der Waals surface area contributed by atoms with Crippen LogP contribution in [0.2, 0.25) is 0 Å². The molecule has 0 spiro atoms. The Labute approximate surface area is 127 Å². The Balaban J connectivity index is 2.00. The summed E-state index contributed by atoms with van der Waals surface area (Å²) >= 11 is 0. The van der Waals surface area contributed by atoms with Gasteiger partial charge in [-0.3, -0.25) is 4.68 Å². The lowest BCUT2D eigenvalue weighted by atomic mass is 10.1. The molecule has 0 radical (unpaired) electrons. The molecule has 4 nitrogen and oxygen atoms in total. The van der Waals surface area contributed by atoms with Gasteiger partial charge in [-0.1, -0.05) is 12.1 Å². The number of anilines is 1. The van der Waals surface area contributed by atoms with E-state index in [-0.39, 0.29) is 12.1 Å². The molecule has 21 heavy (non-hydrogen) atoms. The molecule has 1 heterocycles. The van der Waals surface area contributed by atoms with Crippen molar-refractivity contribution in [2.75, 3.05) is 5.32 Å². The molecule has 1 atom stereocenters. The first kappa shape index (κ1) is 15.4. The SMILES string of the molecule is CC(C)Oc1ccc(C(C)Nc2cnn(C(C)C)c2)cc1. The van der Waals surface area contributed by atoms with E-state index in [4.69, 9.17) is 4.74 Å². The van der Waals surface area contributed by atoms with Gasteiger partial charge in [0.1, 0.15) is 5.75 Å². The summed E-state index contributed by atoms with van der Waals surface area (Å²) < 4.78 is 7.62. The van der Waals surface area contributed by atoms with Gasteiger partial charge >= 0.3 is 0 Å². The molecule has 2 aromatic rings. The summed E-state index contributed by atoms with van der Waals surface area (Å²) in [6, 6.07) is 8.84. The van der Waals surface area contributed by atoms with Gasteiger partial charge in [0.25, 0.3) is 0 Å². The fraction of sp³-hybridized carbons (Fsp3) is 0.471. The molecule has 1 N–H and O–H groups in total. The van der Waals surface area contributed by atoms with Crippen molar-refractivity contribution in [2.45, 2.75) is 52.8 Å². The van der Waals surface area contributed by atoms with Gasteiger partial charge in [-0.05, 0) is 52.3 Å². The monoisotopic (exact) mass is 287 g/mol. The maximum Gasteiger partial charge on any atom is 0.119 e. The van der Waals surface area contributed by atoms with Crippen LogP contribution in [0.4, 0.5) is 5.69 Å². The molecule has 0 fully saturated rings. The Kier molecular flexibility index (Phi) is 4.89. The van der Waals surface area contributed by atoms with Crippen LogP contribution in [-0.2, 0) is 0 Å². The highest BCUT2D eigenvalue weighted by Crippen LogP contribution is 2.22. The van der Waals surface area contributed by atoms with E-state index in [1.807, 2.05) is 43.1 Å². The lowest BCUT2D eigenvalue weighted by Crippen LogP contribution is -2.08. The molecular weight excluding hydrogens is 262 g/mol. The smallest absolute Gasteiger partial charge is 0.119 e. The second kappa shape index (κ2) is 6.66. The molecule has 0 aliphatic carbocycles. The molecule has 0 aliphatic rings. The molecule has 1 aromatic heterocycles. The number of ether oxygens (including phenoxy) is 1. The maximum absolute atomic E-state index is 5.66. The molecule has 0 aliphatic heterocycles. The van der Waals surface area contributed by atoms with E-state index >= 15 is 0 Å². The summed E-state index contributed by atoms with van der Waals surface area (Å²) in [7, 11) is 0. The molecule has 0 amide bonds. The van der Waals surface area contributed by atoms with E-state index < -0.39 is 0 Å². The zero-order valence-corrected chi connectivity index (χ0v) is 13.5. The Hall–Kier alpha value is -1.97. The highest BCUT2D eigenvalue weighted by molar-refractivity contribution is 5.42. The quantitative estimate of drug-likeness (QED) is 0.854. The van der Waals surface area contributed by atoms with Crippen molar-refractivity contribution in [3.05, 3.63) is 42.2 Å². The molecule has 4 heteroatoms. The van der Waals surface area contributed by atoms with E-state index in [0.717, 1.165) is 11.4 Å². The molecule has 1 aromatic carbocycles. The van der Waals surface area contributed by atoms with Crippen LogP contribution in [0.15, 0.2) is 36.7 Å². The minimum absolute atomic E-state index is 0.202. The number of nitrogens with one attached hydrogen (secondary N) is 1. The van der Waals surface area contributed by atoms with Gasteiger partial charge in [-0.2, -0.15) is 5.10 Å². The molecular formula is C17H25N3O. The van der Waals surface area contributed by atoms with Crippen LogP contribution in [0.5, 0.6) is 5.75 Å². The summed E-state index contributed by atoms with van der Waals surface area (Å²) in [5, 5.41) is 7.81. The second-order valence-electron chi connectivity index (χ2n) is 5.90. The van der Waals surface area contributed by atoms with Crippen molar-refractivity contribution < 1.29 is 4.74 Å². The van der Waals surface area contributed by atoms with Crippen molar-refractivity contribution in [3.63, 3.8) is 0 Å². The minimum atomic E-state index is 0.202. The highest BCUT2D eigenvalue weighted by Gasteiger charge is 2.08. The topological polar surface area (TPSA) is 39.1 Å². The normalized spacial score (nSPS) is 12.7. The number of aromatic nitrogens is 2. The van der Waals surface area contributed by atoms with Gasteiger partial charge in [0, 0.05) is 18.3 Å². The summed E-state index contributed by atoms with van der Waals surface area (Å²) in [5.74, 6) is 0.911. The molecule has 114 valence electrons. The first-order chi connectivity index (χ1) is 9.95. The van der Waals surface area contributed by atoms with Crippen LogP contribution in [0.25, 0.3) is 0 Å². The summed E-state index contributed by atoms with van der Waals surface area (Å²) in [6.07, 6.45) is 4.11.